The molecule has 0 saturated carbocycles. The van der Waals surface area contributed by atoms with Crippen LogP contribution in [-0.2, 0) is 10.1 Å². The minimum atomic E-state index is -3.66. The van der Waals surface area contributed by atoms with Gasteiger partial charge in [0.05, 0.1) is 26.0 Å². The second-order valence-electron chi connectivity index (χ2n) is 4.73. The predicted octanol–water partition coefficient (Wildman–Crippen LogP) is 3.32. The summed E-state index contributed by atoms with van der Waals surface area (Å²) in [5.41, 5.74) is 0.312. The standard InChI is InChI=1S/C15H14BrFO6S/c1-21-14-10(12(17)15(22-2)11(16)13(14)18)8-4-6-9(7-5-8)23-24(3,19)20/h4-7,18H,1-3H3. The van der Waals surface area contributed by atoms with Crippen molar-refractivity contribution in [2.45, 2.75) is 0 Å². The van der Waals surface area contributed by atoms with Crippen LogP contribution in [-0.4, -0.2) is 34.0 Å². The molecule has 24 heavy (non-hydrogen) atoms. The summed E-state index contributed by atoms with van der Waals surface area (Å²) in [6.07, 6.45) is 0.918. The third-order valence-corrected chi connectivity index (χ3v) is 4.30. The molecular weight excluding hydrogens is 407 g/mol. The largest absolute Gasteiger partial charge is 0.503 e. The molecule has 0 bridgehead atoms. The Morgan fingerprint density at radius 1 is 1.08 bits per heavy atom. The lowest BCUT2D eigenvalue weighted by molar-refractivity contribution is 0.351. The molecular formula is C15H14BrFO6S. The lowest BCUT2D eigenvalue weighted by Crippen LogP contribution is -2.05. The van der Waals surface area contributed by atoms with Crippen molar-refractivity contribution in [1.82, 2.24) is 0 Å². The van der Waals surface area contributed by atoms with Gasteiger partial charge in [-0.25, -0.2) is 4.39 Å². The minimum Gasteiger partial charge on any atom is -0.503 e. The number of hydrogen-bond acceptors (Lipinski definition) is 6. The highest BCUT2D eigenvalue weighted by molar-refractivity contribution is 9.10. The van der Waals surface area contributed by atoms with Crippen molar-refractivity contribution in [2.75, 3.05) is 20.5 Å². The van der Waals surface area contributed by atoms with Gasteiger partial charge in [0.25, 0.3) is 0 Å². The maximum Gasteiger partial charge on any atom is 0.306 e. The SMILES string of the molecule is COc1c(F)c(-c2ccc(OS(C)(=O)=O)cc2)c(OC)c(O)c1Br. The fourth-order valence-electron chi connectivity index (χ4n) is 2.12. The average molecular weight is 421 g/mol. The van der Waals surface area contributed by atoms with E-state index in [9.17, 15) is 17.9 Å². The van der Waals surface area contributed by atoms with Crippen LogP contribution in [0.15, 0.2) is 28.7 Å². The Labute approximate surface area is 147 Å². The summed E-state index contributed by atoms with van der Waals surface area (Å²) < 4.78 is 51.8. The highest BCUT2D eigenvalue weighted by Crippen LogP contribution is 2.49. The first-order valence-corrected chi connectivity index (χ1v) is 9.12. The summed E-state index contributed by atoms with van der Waals surface area (Å²) >= 11 is 3.05. The lowest BCUT2D eigenvalue weighted by atomic mass is 10.0. The van der Waals surface area contributed by atoms with Gasteiger partial charge >= 0.3 is 10.1 Å². The minimum absolute atomic E-state index is 0.0269. The Morgan fingerprint density at radius 2 is 1.62 bits per heavy atom. The van der Waals surface area contributed by atoms with Gasteiger partial charge < -0.3 is 18.8 Å². The highest BCUT2D eigenvalue weighted by atomic mass is 79.9. The van der Waals surface area contributed by atoms with Crippen molar-refractivity contribution in [2.24, 2.45) is 0 Å². The van der Waals surface area contributed by atoms with Crippen molar-refractivity contribution in [3.05, 3.63) is 34.6 Å². The van der Waals surface area contributed by atoms with Gasteiger partial charge in [-0.1, -0.05) is 12.1 Å². The molecule has 0 spiro atoms. The fourth-order valence-corrected chi connectivity index (χ4v) is 3.10. The molecule has 0 aromatic heterocycles. The zero-order valence-corrected chi connectivity index (χ0v) is 15.4. The van der Waals surface area contributed by atoms with E-state index in [1.165, 1.54) is 38.5 Å². The Balaban J connectivity index is 2.62. The summed E-state index contributed by atoms with van der Waals surface area (Å²) in [6, 6.07) is 5.60. The number of methoxy groups -OCH3 is 2. The van der Waals surface area contributed by atoms with Crippen molar-refractivity contribution < 1.29 is 31.6 Å². The van der Waals surface area contributed by atoms with Crippen molar-refractivity contribution in [1.29, 1.82) is 0 Å². The van der Waals surface area contributed by atoms with Crippen molar-refractivity contribution >= 4 is 26.0 Å². The van der Waals surface area contributed by atoms with Crippen LogP contribution in [0.3, 0.4) is 0 Å². The number of phenolic OH excluding ortho intramolecular Hbond substituents is 1. The van der Waals surface area contributed by atoms with Crippen LogP contribution in [0.5, 0.6) is 23.0 Å². The summed E-state index contributed by atoms with van der Waals surface area (Å²) in [4.78, 5) is 0. The van der Waals surface area contributed by atoms with Crippen LogP contribution in [0, 0.1) is 5.82 Å². The van der Waals surface area contributed by atoms with Crippen molar-refractivity contribution in [3.8, 4) is 34.1 Å². The molecule has 0 aliphatic rings. The van der Waals surface area contributed by atoms with E-state index in [0.717, 1.165) is 6.26 Å². The second-order valence-corrected chi connectivity index (χ2v) is 7.10. The Bertz CT molecular complexity index is 865. The van der Waals surface area contributed by atoms with Gasteiger partial charge in [-0.2, -0.15) is 8.42 Å². The molecule has 130 valence electrons. The zero-order valence-electron chi connectivity index (χ0n) is 13.0. The van der Waals surface area contributed by atoms with Crippen LogP contribution in [0.2, 0.25) is 0 Å². The topological polar surface area (TPSA) is 82.1 Å². The normalized spacial score (nSPS) is 11.2. The van der Waals surface area contributed by atoms with E-state index in [4.69, 9.17) is 13.7 Å². The number of halogens is 2. The molecule has 2 aromatic carbocycles. The highest BCUT2D eigenvalue weighted by Gasteiger charge is 2.25. The maximum absolute atomic E-state index is 14.7. The number of phenols is 1. The molecule has 0 aliphatic carbocycles. The Hall–Kier alpha value is -2.00. The first-order chi connectivity index (χ1) is 11.2. The summed E-state index contributed by atoms with van der Waals surface area (Å²) in [7, 11) is -1.11. The van der Waals surface area contributed by atoms with E-state index in [1.807, 2.05) is 0 Å². The molecule has 1 N–H and O–H groups in total. The molecule has 0 heterocycles. The molecule has 6 nitrogen and oxygen atoms in total. The number of hydrogen-bond donors (Lipinski definition) is 1. The first kappa shape index (κ1) is 18.3. The molecule has 0 aliphatic heterocycles. The van der Waals surface area contributed by atoms with E-state index in [0.29, 0.717) is 5.56 Å². The molecule has 0 radical (unpaired) electrons. The molecule has 2 rings (SSSR count). The molecule has 0 unspecified atom stereocenters. The first-order valence-electron chi connectivity index (χ1n) is 6.51. The smallest absolute Gasteiger partial charge is 0.306 e. The average Bonchev–Trinajstić information content (AvgIpc) is 2.51. The molecule has 9 heteroatoms. The van der Waals surface area contributed by atoms with E-state index >= 15 is 0 Å². The van der Waals surface area contributed by atoms with Gasteiger partial charge in [0.15, 0.2) is 23.1 Å². The third kappa shape index (κ3) is 3.57. The summed E-state index contributed by atoms with van der Waals surface area (Å²) in [5, 5.41) is 10.2. The van der Waals surface area contributed by atoms with Gasteiger partial charge in [-0.3, -0.25) is 0 Å². The van der Waals surface area contributed by atoms with E-state index < -0.39 is 15.9 Å². The summed E-state index contributed by atoms with van der Waals surface area (Å²) in [6.45, 7) is 0. The molecule has 0 saturated heterocycles. The van der Waals surface area contributed by atoms with Gasteiger partial charge in [-0.15, -0.1) is 0 Å². The molecule has 2 aromatic rings. The third-order valence-electron chi connectivity index (χ3n) is 3.07. The van der Waals surface area contributed by atoms with E-state index in [1.54, 1.807) is 0 Å². The lowest BCUT2D eigenvalue weighted by Gasteiger charge is -2.16. The van der Waals surface area contributed by atoms with Gasteiger partial charge in [-0.05, 0) is 33.6 Å². The van der Waals surface area contributed by atoms with Gasteiger partial charge in [0.2, 0.25) is 0 Å². The Kier molecular flexibility index (Phi) is 5.24. The van der Waals surface area contributed by atoms with Crippen LogP contribution in [0.1, 0.15) is 0 Å². The summed E-state index contributed by atoms with van der Waals surface area (Å²) in [5.74, 6) is -1.25. The van der Waals surface area contributed by atoms with Crippen LogP contribution in [0.4, 0.5) is 4.39 Å². The maximum atomic E-state index is 14.7. The number of rotatable bonds is 5. The van der Waals surface area contributed by atoms with Gasteiger partial charge in [0, 0.05) is 0 Å². The van der Waals surface area contributed by atoms with Crippen LogP contribution in [0.25, 0.3) is 11.1 Å². The van der Waals surface area contributed by atoms with Crippen LogP contribution >= 0.6 is 15.9 Å². The second kappa shape index (κ2) is 6.86. The molecule has 0 amide bonds. The Morgan fingerprint density at radius 3 is 2.08 bits per heavy atom. The van der Waals surface area contributed by atoms with Crippen molar-refractivity contribution in [3.63, 3.8) is 0 Å². The molecule has 0 atom stereocenters. The monoisotopic (exact) mass is 420 g/mol. The number of aromatic hydroxyl groups is 1. The molecule has 0 fully saturated rings. The fraction of sp³-hybridized carbons (Fsp3) is 0.200. The van der Waals surface area contributed by atoms with Crippen LogP contribution < -0.4 is 13.7 Å². The number of benzene rings is 2. The van der Waals surface area contributed by atoms with E-state index in [2.05, 4.69) is 15.9 Å². The van der Waals surface area contributed by atoms with Gasteiger partial charge in [0.1, 0.15) is 10.2 Å². The zero-order chi connectivity index (χ0) is 18.1. The predicted molar refractivity (Wildman–Crippen MR) is 89.8 cm³/mol. The number of ether oxygens (including phenoxy) is 2. The quantitative estimate of drug-likeness (QED) is 0.747. The van der Waals surface area contributed by atoms with E-state index in [-0.39, 0.29) is 33.0 Å².